The summed E-state index contributed by atoms with van der Waals surface area (Å²) < 4.78 is 34.2. The van der Waals surface area contributed by atoms with E-state index in [4.69, 9.17) is 14.7 Å². The Morgan fingerprint density at radius 2 is 1.95 bits per heavy atom. The zero-order valence-electron chi connectivity index (χ0n) is 11.0. The highest BCUT2D eigenvalue weighted by atomic mass is 32.2. The van der Waals surface area contributed by atoms with Crippen molar-refractivity contribution in [1.29, 1.82) is 5.26 Å². The molecule has 1 unspecified atom stereocenters. The Bertz CT molecular complexity index is 531. The maximum absolute atomic E-state index is 12.0. The first kappa shape index (κ1) is 15.6. The summed E-state index contributed by atoms with van der Waals surface area (Å²) in [5.41, 5.74) is 0.434. The van der Waals surface area contributed by atoms with Crippen LogP contribution in [-0.4, -0.2) is 40.6 Å². The van der Waals surface area contributed by atoms with E-state index >= 15 is 0 Å². The second-order valence-corrected chi connectivity index (χ2v) is 6.20. The molecule has 0 spiro atoms. The molecule has 0 bridgehead atoms. The van der Waals surface area contributed by atoms with Gasteiger partial charge in [-0.1, -0.05) is 0 Å². The zero-order chi connectivity index (χ0) is 14.3. The van der Waals surface area contributed by atoms with Crippen molar-refractivity contribution in [3.8, 4) is 6.07 Å². The molecule has 0 N–H and O–H groups in total. The van der Waals surface area contributed by atoms with E-state index in [0.717, 1.165) is 0 Å². The van der Waals surface area contributed by atoms with Crippen molar-refractivity contribution < 1.29 is 17.9 Å². The minimum atomic E-state index is -3.37. The largest absolute Gasteiger partial charge is 0.382 e. The van der Waals surface area contributed by atoms with E-state index in [1.165, 1.54) is 24.3 Å². The van der Waals surface area contributed by atoms with Crippen LogP contribution in [-0.2, 0) is 19.3 Å². The number of ether oxygens (including phenoxy) is 2. The SMILES string of the molecule is COCC(C)OCCS(=O)(=O)c1ccc(C#N)cc1. The summed E-state index contributed by atoms with van der Waals surface area (Å²) in [5, 5.41) is 8.65. The normalized spacial score (nSPS) is 12.9. The van der Waals surface area contributed by atoms with Gasteiger partial charge in [0.2, 0.25) is 0 Å². The molecule has 0 aliphatic heterocycles. The first-order chi connectivity index (χ1) is 8.99. The van der Waals surface area contributed by atoms with Crippen molar-refractivity contribution in [3.63, 3.8) is 0 Å². The first-order valence-electron chi connectivity index (χ1n) is 5.83. The van der Waals surface area contributed by atoms with Gasteiger partial charge in [0, 0.05) is 7.11 Å². The smallest absolute Gasteiger partial charge is 0.180 e. The quantitative estimate of drug-likeness (QED) is 0.755. The number of hydrogen-bond donors (Lipinski definition) is 0. The average molecular weight is 283 g/mol. The van der Waals surface area contributed by atoms with Crippen LogP contribution in [0.2, 0.25) is 0 Å². The van der Waals surface area contributed by atoms with Gasteiger partial charge in [0.25, 0.3) is 0 Å². The average Bonchev–Trinajstić information content (AvgIpc) is 2.39. The second kappa shape index (κ2) is 7.24. The van der Waals surface area contributed by atoms with E-state index in [0.29, 0.717) is 12.2 Å². The monoisotopic (exact) mass is 283 g/mol. The highest BCUT2D eigenvalue weighted by Gasteiger charge is 2.15. The third kappa shape index (κ3) is 4.99. The molecule has 1 aromatic carbocycles. The maximum Gasteiger partial charge on any atom is 0.180 e. The molecule has 0 aliphatic rings. The predicted octanol–water partition coefficient (Wildman–Crippen LogP) is 1.38. The van der Waals surface area contributed by atoms with Gasteiger partial charge in [-0.15, -0.1) is 0 Å². The van der Waals surface area contributed by atoms with E-state index in [9.17, 15) is 8.42 Å². The van der Waals surface area contributed by atoms with Crippen molar-refractivity contribution in [3.05, 3.63) is 29.8 Å². The molecule has 0 saturated heterocycles. The standard InChI is InChI=1S/C13H17NO4S/c1-11(10-17-2)18-7-8-19(15,16)13-5-3-12(9-14)4-6-13/h3-6,11H,7-8,10H2,1-2H3. The van der Waals surface area contributed by atoms with Gasteiger partial charge >= 0.3 is 0 Å². The molecule has 0 aromatic heterocycles. The van der Waals surface area contributed by atoms with Crippen molar-refractivity contribution in [1.82, 2.24) is 0 Å². The predicted molar refractivity (Wildman–Crippen MR) is 70.5 cm³/mol. The maximum atomic E-state index is 12.0. The van der Waals surface area contributed by atoms with Crippen LogP contribution in [0.1, 0.15) is 12.5 Å². The molecule has 6 heteroatoms. The number of rotatable bonds is 7. The molecular weight excluding hydrogens is 266 g/mol. The van der Waals surface area contributed by atoms with Crippen molar-refractivity contribution in [2.75, 3.05) is 26.1 Å². The lowest BCUT2D eigenvalue weighted by Crippen LogP contribution is -2.20. The van der Waals surface area contributed by atoms with Gasteiger partial charge < -0.3 is 9.47 Å². The zero-order valence-corrected chi connectivity index (χ0v) is 11.8. The van der Waals surface area contributed by atoms with Gasteiger partial charge in [0.15, 0.2) is 9.84 Å². The van der Waals surface area contributed by atoms with Crippen LogP contribution in [0.5, 0.6) is 0 Å². The summed E-state index contributed by atoms with van der Waals surface area (Å²) in [6.45, 7) is 2.36. The van der Waals surface area contributed by atoms with Crippen LogP contribution >= 0.6 is 0 Å². The van der Waals surface area contributed by atoms with Gasteiger partial charge in [0.1, 0.15) is 0 Å². The molecule has 0 saturated carbocycles. The number of sulfone groups is 1. The van der Waals surface area contributed by atoms with Crippen LogP contribution < -0.4 is 0 Å². The molecule has 104 valence electrons. The Morgan fingerprint density at radius 1 is 1.32 bits per heavy atom. The second-order valence-electron chi connectivity index (χ2n) is 4.09. The van der Waals surface area contributed by atoms with E-state index in [1.807, 2.05) is 13.0 Å². The summed E-state index contributed by atoms with van der Waals surface area (Å²) >= 11 is 0. The van der Waals surface area contributed by atoms with Gasteiger partial charge in [-0.3, -0.25) is 0 Å². The lowest BCUT2D eigenvalue weighted by molar-refractivity contribution is 0.0163. The molecule has 0 fully saturated rings. The molecule has 1 aromatic rings. The fourth-order valence-corrected chi connectivity index (χ4v) is 2.60. The first-order valence-corrected chi connectivity index (χ1v) is 7.48. The Kier molecular flexibility index (Phi) is 5.96. The Hall–Kier alpha value is -1.42. The fourth-order valence-electron chi connectivity index (χ4n) is 1.50. The third-order valence-electron chi connectivity index (χ3n) is 2.50. The van der Waals surface area contributed by atoms with E-state index in [-0.39, 0.29) is 23.4 Å². The van der Waals surface area contributed by atoms with Crippen LogP contribution in [0.15, 0.2) is 29.2 Å². The minimum absolute atomic E-state index is 0.0903. The molecule has 19 heavy (non-hydrogen) atoms. The molecule has 1 atom stereocenters. The summed E-state index contributed by atoms with van der Waals surface area (Å²) in [4.78, 5) is 0.203. The minimum Gasteiger partial charge on any atom is -0.382 e. The molecular formula is C13H17NO4S. The molecule has 0 radical (unpaired) electrons. The topological polar surface area (TPSA) is 76.4 Å². The highest BCUT2D eigenvalue weighted by molar-refractivity contribution is 7.91. The summed E-state index contributed by atoms with van der Waals surface area (Å²) in [5.74, 6) is -0.0903. The van der Waals surface area contributed by atoms with Crippen LogP contribution in [0.3, 0.4) is 0 Å². The summed E-state index contributed by atoms with van der Waals surface area (Å²) in [6, 6.07) is 7.79. The molecule has 0 heterocycles. The van der Waals surface area contributed by atoms with Gasteiger partial charge in [0.05, 0.1) is 41.6 Å². The number of nitrogens with zero attached hydrogens (tertiary/aromatic N) is 1. The molecule has 1 rings (SSSR count). The van der Waals surface area contributed by atoms with Crippen LogP contribution in [0, 0.1) is 11.3 Å². The highest BCUT2D eigenvalue weighted by Crippen LogP contribution is 2.12. The van der Waals surface area contributed by atoms with Crippen molar-refractivity contribution >= 4 is 9.84 Å². The number of nitriles is 1. The Morgan fingerprint density at radius 3 is 2.47 bits per heavy atom. The van der Waals surface area contributed by atoms with Crippen LogP contribution in [0.25, 0.3) is 0 Å². The fraction of sp³-hybridized carbons (Fsp3) is 0.462. The number of methoxy groups -OCH3 is 1. The number of hydrogen-bond acceptors (Lipinski definition) is 5. The van der Waals surface area contributed by atoms with Gasteiger partial charge in [-0.2, -0.15) is 5.26 Å². The lowest BCUT2D eigenvalue weighted by atomic mass is 10.2. The summed E-state index contributed by atoms with van der Waals surface area (Å²) in [7, 11) is -1.81. The molecule has 0 aliphatic carbocycles. The van der Waals surface area contributed by atoms with E-state index in [1.54, 1.807) is 7.11 Å². The lowest BCUT2D eigenvalue weighted by Gasteiger charge is -2.12. The van der Waals surface area contributed by atoms with Crippen LogP contribution in [0.4, 0.5) is 0 Å². The van der Waals surface area contributed by atoms with E-state index < -0.39 is 9.84 Å². The van der Waals surface area contributed by atoms with Crippen molar-refractivity contribution in [2.24, 2.45) is 0 Å². The molecule has 5 nitrogen and oxygen atoms in total. The summed E-state index contributed by atoms with van der Waals surface area (Å²) in [6.07, 6.45) is -0.138. The third-order valence-corrected chi connectivity index (χ3v) is 4.19. The Labute approximate surface area is 113 Å². The Balaban J connectivity index is 2.58. The van der Waals surface area contributed by atoms with E-state index in [2.05, 4.69) is 0 Å². The number of benzene rings is 1. The van der Waals surface area contributed by atoms with Gasteiger partial charge in [-0.25, -0.2) is 8.42 Å². The molecule has 0 amide bonds. The van der Waals surface area contributed by atoms with Crippen molar-refractivity contribution in [2.45, 2.75) is 17.9 Å². The van der Waals surface area contributed by atoms with Gasteiger partial charge in [-0.05, 0) is 31.2 Å².